The summed E-state index contributed by atoms with van der Waals surface area (Å²) in [6.45, 7) is 6.59. The lowest BCUT2D eigenvalue weighted by atomic mass is 9.88. The van der Waals surface area contributed by atoms with Crippen LogP contribution in [0.15, 0.2) is 10.5 Å². The highest BCUT2D eigenvalue weighted by molar-refractivity contribution is 7.99. The molecule has 3 aromatic rings. The van der Waals surface area contributed by atoms with Crippen molar-refractivity contribution < 1.29 is 4.79 Å². The maximum Gasteiger partial charge on any atom is 0.235 e. The van der Waals surface area contributed by atoms with Crippen LogP contribution >= 0.6 is 34.4 Å². The summed E-state index contributed by atoms with van der Waals surface area (Å²) in [6.07, 6.45) is 7.66. The Balaban J connectivity index is 1.32. The number of hydrogen-bond acceptors (Lipinski definition) is 7. The minimum absolute atomic E-state index is 0.109. The SMILES string of the molecule is CC1CCc2c(-c3nnc(SCC(=O)Nc4sc5c(c4C#N)CCCC5)n3C(C)C)csc2C1. The molecule has 6 nitrogen and oxygen atoms in total. The smallest absolute Gasteiger partial charge is 0.235 e. The van der Waals surface area contributed by atoms with E-state index in [-0.39, 0.29) is 17.7 Å². The second kappa shape index (κ2) is 9.84. The summed E-state index contributed by atoms with van der Waals surface area (Å²) < 4.78 is 2.16. The van der Waals surface area contributed by atoms with Crippen molar-refractivity contribution in [2.75, 3.05) is 11.1 Å². The van der Waals surface area contributed by atoms with E-state index in [9.17, 15) is 10.1 Å². The largest absolute Gasteiger partial charge is 0.316 e. The number of carbonyl (C=O) groups excluding carboxylic acids is 1. The third kappa shape index (κ3) is 4.43. The van der Waals surface area contributed by atoms with Gasteiger partial charge in [-0.1, -0.05) is 18.7 Å². The highest BCUT2D eigenvalue weighted by Gasteiger charge is 2.26. The van der Waals surface area contributed by atoms with Crippen molar-refractivity contribution in [3.05, 3.63) is 31.8 Å². The molecule has 1 unspecified atom stereocenters. The molecule has 178 valence electrons. The molecule has 0 fully saturated rings. The van der Waals surface area contributed by atoms with E-state index < -0.39 is 0 Å². The molecule has 3 aromatic heterocycles. The van der Waals surface area contributed by atoms with Gasteiger partial charge in [-0.25, -0.2) is 0 Å². The normalized spacial score (nSPS) is 17.3. The maximum atomic E-state index is 12.8. The van der Waals surface area contributed by atoms with E-state index in [1.165, 1.54) is 39.1 Å². The van der Waals surface area contributed by atoms with E-state index in [0.29, 0.717) is 10.6 Å². The summed E-state index contributed by atoms with van der Waals surface area (Å²) in [5.74, 6) is 1.77. The van der Waals surface area contributed by atoms with E-state index in [1.807, 2.05) is 11.3 Å². The Morgan fingerprint density at radius 3 is 2.88 bits per heavy atom. The molecule has 9 heteroatoms. The summed E-state index contributed by atoms with van der Waals surface area (Å²) in [5, 5.41) is 25.4. The zero-order chi connectivity index (χ0) is 23.8. The van der Waals surface area contributed by atoms with Crippen molar-refractivity contribution >= 4 is 45.3 Å². The number of amides is 1. The molecule has 0 aliphatic heterocycles. The summed E-state index contributed by atoms with van der Waals surface area (Å²) in [5.41, 5.74) is 4.42. The predicted octanol–water partition coefficient (Wildman–Crippen LogP) is 6.26. The Bertz CT molecular complexity index is 1260. The third-order valence-corrected chi connectivity index (χ3v) is 9.89. The van der Waals surface area contributed by atoms with Gasteiger partial charge >= 0.3 is 0 Å². The number of nitriles is 1. The zero-order valence-electron chi connectivity index (χ0n) is 19.8. The molecule has 0 saturated carbocycles. The number of hydrogen-bond donors (Lipinski definition) is 1. The van der Waals surface area contributed by atoms with Crippen LogP contribution in [0.5, 0.6) is 0 Å². The first kappa shape index (κ1) is 23.6. The average molecular weight is 512 g/mol. The molecule has 0 saturated heterocycles. The Labute approximate surface area is 212 Å². The molecule has 5 rings (SSSR count). The van der Waals surface area contributed by atoms with Gasteiger partial charge < -0.3 is 5.32 Å². The van der Waals surface area contributed by atoms with Crippen LogP contribution < -0.4 is 5.32 Å². The number of fused-ring (bicyclic) bond motifs is 2. The summed E-state index contributed by atoms with van der Waals surface area (Å²) in [6, 6.07) is 2.50. The zero-order valence-corrected chi connectivity index (χ0v) is 22.3. The van der Waals surface area contributed by atoms with Crippen LogP contribution in [0.25, 0.3) is 11.4 Å². The number of thioether (sulfide) groups is 1. The molecule has 0 radical (unpaired) electrons. The lowest BCUT2D eigenvalue weighted by Gasteiger charge is -2.19. The van der Waals surface area contributed by atoms with E-state index in [0.717, 1.165) is 61.0 Å². The van der Waals surface area contributed by atoms with E-state index in [4.69, 9.17) is 0 Å². The molecule has 2 aliphatic carbocycles. The highest BCUT2D eigenvalue weighted by Crippen LogP contribution is 2.40. The highest BCUT2D eigenvalue weighted by atomic mass is 32.2. The van der Waals surface area contributed by atoms with Gasteiger partial charge in [-0.3, -0.25) is 9.36 Å². The molecule has 3 heterocycles. The lowest BCUT2D eigenvalue weighted by Crippen LogP contribution is -2.15. The first-order chi connectivity index (χ1) is 16.5. The number of nitrogens with zero attached hydrogens (tertiary/aromatic N) is 4. The van der Waals surface area contributed by atoms with Crippen LogP contribution in [0, 0.1) is 17.2 Å². The van der Waals surface area contributed by atoms with Crippen LogP contribution in [0.4, 0.5) is 5.00 Å². The van der Waals surface area contributed by atoms with Gasteiger partial charge in [-0.15, -0.1) is 32.9 Å². The number of nitrogens with one attached hydrogen (secondary N) is 1. The minimum Gasteiger partial charge on any atom is -0.316 e. The number of carbonyl (C=O) groups is 1. The van der Waals surface area contributed by atoms with Crippen LogP contribution in [0.1, 0.15) is 72.5 Å². The molecule has 0 bridgehead atoms. The Kier molecular flexibility index (Phi) is 6.83. The minimum atomic E-state index is -0.109. The van der Waals surface area contributed by atoms with Crippen molar-refractivity contribution in [3.8, 4) is 17.5 Å². The standard InChI is InChI=1S/C25H29N5OS3/c1-14(2)30-23(19-12-32-21-10-15(3)8-9-17(19)21)28-29-25(30)33-13-22(31)27-24-18(11-26)16-6-4-5-7-20(16)34-24/h12,14-15H,4-10,13H2,1-3H3,(H,27,31). The van der Waals surface area contributed by atoms with Gasteiger partial charge in [-0.05, 0) is 75.8 Å². The van der Waals surface area contributed by atoms with Crippen LogP contribution in [-0.4, -0.2) is 26.4 Å². The van der Waals surface area contributed by atoms with Crippen LogP contribution in [-0.2, 0) is 30.5 Å². The quantitative estimate of drug-likeness (QED) is 0.395. The van der Waals surface area contributed by atoms with E-state index in [1.54, 1.807) is 11.3 Å². The number of aryl methyl sites for hydroxylation is 1. The third-order valence-electron chi connectivity index (χ3n) is 6.69. The molecule has 34 heavy (non-hydrogen) atoms. The maximum absolute atomic E-state index is 12.8. The van der Waals surface area contributed by atoms with Gasteiger partial charge in [0, 0.05) is 26.7 Å². The first-order valence-corrected chi connectivity index (χ1v) is 14.7. The van der Waals surface area contributed by atoms with Crippen molar-refractivity contribution in [3.63, 3.8) is 0 Å². The Morgan fingerprint density at radius 1 is 1.26 bits per heavy atom. The van der Waals surface area contributed by atoms with Gasteiger partial charge in [0.2, 0.25) is 5.91 Å². The Morgan fingerprint density at radius 2 is 2.09 bits per heavy atom. The fourth-order valence-electron chi connectivity index (χ4n) is 4.95. The number of anilines is 1. The second-order valence-electron chi connectivity index (χ2n) is 9.53. The van der Waals surface area contributed by atoms with E-state index >= 15 is 0 Å². The fourth-order valence-corrected chi connectivity index (χ4v) is 8.32. The first-order valence-electron chi connectivity index (χ1n) is 12.0. The van der Waals surface area contributed by atoms with Crippen molar-refractivity contribution in [1.29, 1.82) is 5.26 Å². The molecule has 1 N–H and O–H groups in total. The average Bonchev–Trinajstić information content (AvgIpc) is 3.51. The summed E-state index contributed by atoms with van der Waals surface area (Å²) in [7, 11) is 0. The van der Waals surface area contributed by atoms with Gasteiger partial charge in [0.25, 0.3) is 0 Å². The molecule has 2 aliphatic rings. The number of rotatable bonds is 6. The Hall–Kier alpha value is -2.15. The van der Waals surface area contributed by atoms with Crippen molar-refractivity contribution in [1.82, 2.24) is 14.8 Å². The number of thiophene rings is 2. The monoisotopic (exact) mass is 511 g/mol. The van der Waals surface area contributed by atoms with E-state index in [2.05, 4.69) is 52.3 Å². The lowest BCUT2D eigenvalue weighted by molar-refractivity contribution is -0.113. The second-order valence-corrected chi connectivity index (χ2v) is 12.5. The predicted molar refractivity (Wildman–Crippen MR) is 140 cm³/mol. The molecule has 1 atom stereocenters. The molecule has 0 spiro atoms. The topological polar surface area (TPSA) is 83.6 Å². The van der Waals surface area contributed by atoms with Gasteiger partial charge in [0.1, 0.15) is 11.1 Å². The fraction of sp³-hybridized carbons (Fsp3) is 0.520. The summed E-state index contributed by atoms with van der Waals surface area (Å²) in [4.78, 5) is 15.5. The molecular weight excluding hydrogens is 483 g/mol. The van der Waals surface area contributed by atoms with Crippen LogP contribution in [0.3, 0.4) is 0 Å². The van der Waals surface area contributed by atoms with Crippen LogP contribution in [0.2, 0.25) is 0 Å². The van der Waals surface area contributed by atoms with Gasteiger partial charge in [0.05, 0.1) is 11.3 Å². The van der Waals surface area contributed by atoms with Gasteiger partial charge in [0.15, 0.2) is 11.0 Å². The number of aromatic nitrogens is 3. The molecule has 0 aromatic carbocycles. The summed E-state index contributed by atoms with van der Waals surface area (Å²) >= 11 is 4.81. The molecule has 1 amide bonds. The molecular formula is C25H29N5OS3. The van der Waals surface area contributed by atoms with Crippen molar-refractivity contribution in [2.24, 2.45) is 5.92 Å². The van der Waals surface area contributed by atoms with Crippen molar-refractivity contribution in [2.45, 2.75) is 76.9 Å². The van der Waals surface area contributed by atoms with Gasteiger partial charge in [-0.2, -0.15) is 5.26 Å².